The summed E-state index contributed by atoms with van der Waals surface area (Å²) < 4.78 is 0. The van der Waals surface area contributed by atoms with Gasteiger partial charge in [-0.05, 0) is 18.3 Å². The van der Waals surface area contributed by atoms with Gasteiger partial charge in [-0.1, -0.05) is 52.9 Å². The molecule has 0 aliphatic heterocycles. The molecule has 0 aliphatic carbocycles. The standard InChI is InChI=1S/C13H27N2/c1-13(2,3)11-9-7-5-4-6-8-10-12-15-14/h4-12H2,1-3H3/q+1. The second-order valence-corrected chi connectivity index (χ2v) is 5.65. The zero-order chi connectivity index (χ0) is 11.6. The van der Waals surface area contributed by atoms with Crippen LogP contribution in [-0.2, 0) is 0 Å². The van der Waals surface area contributed by atoms with E-state index in [9.17, 15) is 0 Å². The lowest BCUT2D eigenvalue weighted by Gasteiger charge is -2.17. The fourth-order valence-corrected chi connectivity index (χ4v) is 1.72. The number of diazo groups is 1. The summed E-state index contributed by atoms with van der Waals surface area (Å²) in [5.74, 6) is 0. The lowest BCUT2D eigenvalue weighted by atomic mass is 9.89. The average Bonchev–Trinajstić information content (AvgIpc) is 2.14. The van der Waals surface area contributed by atoms with E-state index in [1.165, 1.54) is 44.9 Å². The van der Waals surface area contributed by atoms with Crippen LogP contribution < -0.4 is 0 Å². The third-order valence-corrected chi connectivity index (χ3v) is 2.68. The highest BCUT2D eigenvalue weighted by Crippen LogP contribution is 2.22. The van der Waals surface area contributed by atoms with Crippen molar-refractivity contribution < 1.29 is 0 Å². The number of hydrogen-bond acceptors (Lipinski definition) is 1. The molecular formula is C13H27N2+. The number of nitrogens with zero attached hydrogens (tertiary/aromatic N) is 2. The Hall–Kier alpha value is -0.580. The molecule has 2 heteroatoms. The zero-order valence-corrected chi connectivity index (χ0v) is 10.8. The highest BCUT2D eigenvalue weighted by Gasteiger charge is 2.08. The van der Waals surface area contributed by atoms with Gasteiger partial charge in [0.15, 0.2) is 0 Å². The number of hydrogen-bond donors (Lipinski definition) is 0. The molecule has 0 saturated carbocycles. The molecule has 0 heterocycles. The maximum absolute atomic E-state index is 8.24. The first kappa shape index (κ1) is 14.4. The van der Waals surface area contributed by atoms with Crippen LogP contribution in [0.3, 0.4) is 0 Å². The van der Waals surface area contributed by atoms with E-state index in [0.717, 1.165) is 6.42 Å². The first-order valence-corrected chi connectivity index (χ1v) is 6.37. The normalized spacial score (nSPS) is 11.3. The second-order valence-electron chi connectivity index (χ2n) is 5.65. The monoisotopic (exact) mass is 211 g/mol. The quantitative estimate of drug-likeness (QED) is 0.410. The summed E-state index contributed by atoms with van der Waals surface area (Å²) in [6.45, 7) is 7.55. The highest BCUT2D eigenvalue weighted by atomic mass is 14.8. The number of rotatable bonds is 8. The summed E-state index contributed by atoms with van der Waals surface area (Å²) in [6, 6.07) is 0. The van der Waals surface area contributed by atoms with E-state index in [0.29, 0.717) is 12.0 Å². The van der Waals surface area contributed by atoms with Crippen molar-refractivity contribution in [1.82, 2.24) is 0 Å². The summed E-state index contributed by atoms with van der Waals surface area (Å²) in [5, 5.41) is 8.24. The fourth-order valence-electron chi connectivity index (χ4n) is 1.72. The van der Waals surface area contributed by atoms with E-state index in [1.807, 2.05) is 0 Å². The third kappa shape index (κ3) is 13.4. The van der Waals surface area contributed by atoms with Crippen molar-refractivity contribution in [3.05, 3.63) is 4.98 Å². The summed E-state index contributed by atoms with van der Waals surface area (Å²) in [6.07, 6.45) is 10.3. The molecule has 0 aromatic heterocycles. The minimum absolute atomic E-state index is 0.503. The zero-order valence-electron chi connectivity index (χ0n) is 10.8. The molecule has 0 bridgehead atoms. The van der Waals surface area contributed by atoms with Crippen LogP contribution in [0, 0.1) is 10.8 Å². The van der Waals surface area contributed by atoms with Crippen molar-refractivity contribution in [2.75, 3.05) is 6.54 Å². The van der Waals surface area contributed by atoms with Gasteiger partial charge in [-0.25, -0.2) is 0 Å². The van der Waals surface area contributed by atoms with E-state index in [1.54, 1.807) is 0 Å². The maximum Gasteiger partial charge on any atom is 0.305 e. The molecule has 0 saturated heterocycles. The molecule has 2 nitrogen and oxygen atoms in total. The molecule has 0 aromatic rings. The minimum Gasteiger partial charge on any atom is -0.0602 e. The predicted molar refractivity (Wildman–Crippen MR) is 66.3 cm³/mol. The molecule has 0 N–H and O–H groups in total. The van der Waals surface area contributed by atoms with Gasteiger partial charge in [0.25, 0.3) is 0 Å². The van der Waals surface area contributed by atoms with E-state index in [2.05, 4.69) is 25.7 Å². The SMILES string of the molecule is CC(C)(C)CCCCCCCCC[N+]#N. The molecule has 0 aliphatic rings. The van der Waals surface area contributed by atoms with Crippen molar-refractivity contribution in [3.63, 3.8) is 0 Å². The van der Waals surface area contributed by atoms with Gasteiger partial charge < -0.3 is 0 Å². The Morgan fingerprint density at radius 3 is 1.73 bits per heavy atom. The Balaban J connectivity index is 3.03. The van der Waals surface area contributed by atoms with Crippen molar-refractivity contribution in [2.45, 2.75) is 72.1 Å². The minimum atomic E-state index is 0.503. The maximum atomic E-state index is 8.24. The molecule has 15 heavy (non-hydrogen) atoms. The van der Waals surface area contributed by atoms with E-state index >= 15 is 0 Å². The van der Waals surface area contributed by atoms with Crippen LogP contribution in [0.25, 0.3) is 4.98 Å². The van der Waals surface area contributed by atoms with Crippen LogP contribution in [0.1, 0.15) is 72.1 Å². The smallest absolute Gasteiger partial charge is 0.0602 e. The molecule has 0 unspecified atom stereocenters. The lowest BCUT2D eigenvalue weighted by Crippen LogP contribution is -2.03. The molecule has 88 valence electrons. The summed E-state index contributed by atoms with van der Waals surface area (Å²) in [7, 11) is 0. The van der Waals surface area contributed by atoms with E-state index < -0.39 is 0 Å². The summed E-state index contributed by atoms with van der Waals surface area (Å²) in [4.78, 5) is 3.11. The lowest BCUT2D eigenvalue weighted by molar-refractivity contribution is 0.356. The van der Waals surface area contributed by atoms with Crippen LogP contribution in [-0.4, -0.2) is 6.54 Å². The largest absolute Gasteiger partial charge is 0.305 e. The van der Waals surface area contributed by atoms with Crippen molar-refractivity contribution in [2.24, 2.45) is 5.41 Å². The average molecular weight is 211 g/mol. The molecule has 0 aromatic carbocycles. The first-order valence-electron chi connectivity index (χ1n) is 6.37. The Bertz CT molecular complexity index is 174. The van der Waals surface area contributed by atoms with Gasteiger partial charge in [0.05, 0.1) is 0 Å². The van der Waals surface area contributed by atoms with Crippen LogP contribution in [0.5, 0.6) is 0 Å². The molecule has 0 spiro atoms. The molecule has 0 amide bonds. The third-order valence-electron chi connectivity index (χ3n) is 2.68. The fraction of sp³-hybridized carbons (Fsp3) is 1.00. The Morgan fingerprint density at radius 2 is 1.27 bits per heavy atom. The number of unbranched alkanes of at least 4 members (excludes halogenated alkanes) is 6. The van der Waals surface area contributed by atoms with Crippen LogP contribution in [0.15, 0.2) is 0 Å². The van der Waals surface area contributed by atoms with E-state index in [-0.39, 0.29) is 0 Å². The van der Waals surface area contributed by atoms with Crippen molar-refractivity contribution in [1.29, 1.82) is 5.39 Å². The molecule has 0 radical (unpaired) electrons. The topological polar surface area (TPSA) is 28.1 Å². The van der Waals surface area contributed by atoms with Gasteiger partial charge in [-0.15, -0.1) is 0 Å². The molecular weight excluding hydrogens is 184 g/mol. The Labute approximate surface area is 95.1 Å². The van der Waals surface area contributed by atoms with Crippen LogP contribution >= 0.6 is 0 Å². The van der Waals surface area contributed by atoms with Crippen molar-refractivity contribution in [3.8, 4) is 0 Å². The van der Waals surface area contributed by atoms with Crippen LogP contribution in [0.2, 0.25) is 0 Å². The highest BCUT2D eigenvalue weighted by molar-refractivity contribution is 4.61. The summed E-state index contributed by atoms with van der Waals surface area (Å²) in [5.41, 5.74) is 0.503. The van der Waals surface area contributed by atoms with Gasteiger partial charge in [-0.2, -0.15) is 0 Å². The van der Waals surface area contributed by atoms with Gasteiger partial charge >= 0.3 is 6.54 Å². The summed E-state index contributed by atoms with van der Waals surface area (Å²) >= 11 is 0. The first-order chi connectivity index (χ1) is 7.06. The Kier molecular flexibility index (Phi) is 8.37. The van der Waals surface area contributed by atoms with Gasteiger partial charge in [0, 0.05) is 6.42 Å². The van der Waals surface area contributed by atoms with Gasteiger partial charge in [0.1, 0.15) is 4.98 Å². The Morgan fingerprint density at radius 1 is 0.800 bits per heavy atom. The van der Waals surface area contributed by atoms with Gasteiger partial charge in [0.2, 0.25) is 5.39 Å². The molecule has 0 fully saturated rings. The van der Waals surface area contributed by atoms with Gasteiger partial charge in [-0.3, -0.25) is 0 Å². The molecule has 0 rings (SSSR count). The molecule has 0 atom stereocenters. The van der Waals surface area contributed by atoms with Crippen LogP contribution in [0.4, 0.5) is 0 Å². The van der Waals surface area contributed by atoms with Crippen molar-refractivity contribution >= 4 is 0 Å². The van der Waals surface area contributed by atoms with E-state index in [4.69, 9.17) is 5.39 Å². The second kappa shape index (κ2) is 8.71. The predicted octanol–water partition coefficient (Wildman–Crippen LogP) is 5.01.